The molecule has 1 heterocycles. The van der Waals surface area contributed by atoms with Crippen molar-refractivity contribution in [3.63, 3.8) is 0 Å². The lowest BCUT2D eigenvalue weighted by molar-refractivity contribution is 0.564. The summed E-state index contributed by atoms with van der Waals surface area (Å²) in [6, 6.07) is 1.86. The maximum absolute atomic E-state index is 6.04. The number of thioether (sulfide) groups is 1. The molecule has 0 fully saturated rings. The SMILES string of the molecule is CCC(C)SCc1nc(Cl)cc(C(C)(C)C)n1. The summed E-state index contributed by atoms with van der Waals surface area (Å²) in [5.74, 6) is 1.67. The van der Waals surface area contributed by atoms with E-state index in [9.17, 15) is 0 Å². The molecule has 1 unspecified atom stereocenters. The van der Waals surface area contributed by atoms with E-state index in [0.717, 1.165) is 23.7 Å². The van der Waals surface area contributed by atoms with Crippen LogP contribution in [0, 0.1) is 0 Å². The molecule has 0 bridgehead atoms. The Bertz CT molecular complexity index is 374. The molecule has 0 aliphatic carbocycles. The van der Waals surface area contributed by atoms with Crippen LogP contribution >= 0.6 is 23.4 Å². The Labute approximate surface area is 114 Å². The molecule has 2 nitrogen and oxygen atoms in total. The normalized spacial score (nSPS) is 13.8. The molecule has 1 rings (SSSR count). The zero-order chi connectivity index (χ0) is 13.1. The van der Waals surface area contributed by atoms with Gasteiger partial charge in [0.1, 0.15) is 11.0 Å². The fourth-order valence-corrected chi connectivity index (χ4v) is 2.25. The fraction of sp³-hybridized carbons (Fsp3) is 0.692. The minimum Gasteiger partial charge on any atom is -0.236 e. The van der Waals surface area contributed by atoms with Crippen LogP contribution in [0.2, 0.25) is 5.15 Å². The van der Waals surface area contributed by atoms with E-state index in [1.54, 1.807) is 0 Å². The summed E-state index contributed by atoms with van der Waals surface area (Å²) >= 11 is 7.92. The third-order valence-corrected chi connectivity index (χ3v) is 4.10. The smallest absolute Gasteiger partial charge is 0.140 e. The van der Waals surface area contributed by atoms with Crippen LogP contribution in [-0.4, -0.2) is 15.2 Å². The number of hydrogen-bond acceptors (Lipinski definition) is 3. The lowest BCUT2D eigenvalue weighted by Gasteiger charge is -2.18. The van der Waals surface area contributed by atoms with Gasteiger partial charge in [0, 0.05) is 10.7 Å². The second-order valence-corrected chi connectivity index (χ2v) is 7.09. The Balaban J connectivity index is 2.83. The van der Waals surface area contributed by atoms with Gasteiger partial charge in [-0.25, -0.2) is 9.97 Å². The Hall–Kier alpha value is -0.280. The Kier molecular flexibility index (Phi) is 5.26. The highest BCUT2D eigenvalue weighted by Crippen LogP contribution is 2.24. The molecule has 0 saturated heterocycles. The van der Waals surface area contributed by atoms with Gasteiger partial charge in [0.15, 0.2) is 0 Å². The quantitative estimate of drug-likeness (QED) is 0.757. The number of nitrogens with zero attached hydrogens (tertiary/aromatic N) is 2. The molecule has 17 heavy (non-hydrogen) atoms. The third kappa shape index (κ3) is 4.84. The van der Waals surface area contributed by atoms with Gasteiger partial charge in [-0.3, -0.25) is 0 Å². The monoisotopic (exact) mass is 272 g/mol. The average Bonchev–Trinajstić information content (AvgIpc) is 2.24. The minimum absolute atomic E-state index is 0.0162. The van der Waals surface area contributed by atoms with Gasteiger partial charge in [0.25, 0.3) is 0 Å². The van der Waals surface area contributed by atoms with Gasteiger partial charge in [-0.1, -0.05) is 46.2 Å². The van der Waals surface area contributed by atoms with Crippen LogP contribution in [0.1, 0.15) is 52.6 Å². The fourth-order valence-electron chi connectivity index (χ4n) is 1.25. The van der Waals surface area contributed by atoms with Crippen LogP contribution in [0.4, 0.5) is 0 Å². The van der Waals surface area contributed by atoms with Crippen molar-refractivity contribution >= 4 is 23.4 Å². The van der Waals surface area contributed by atoms with Gasteiger partial charge < -0.3 is 0 Å². The highest BCUT2D eigenvalue weighted by molar-refractivity contribution is 7.99. The summed E-state index contributed by atoms with van der Waals surface area (Å²) in [4.78, 5) is 8.88. The predicted molar refractivity (Wildman–Crippen MR) is 76.8 cm³/mol. The molecule has 0 amide bonds. The van der Waals surface area contributed by atoms with Crippen molar-refractivity contribution in [1.82, 2.24) is 9.97 Å². The molecule has 0 aliphatic rings. The van der Waals surface area contributed by atoms with Crippen molar-refractivity contribution in [1.29, 1.82) is 0 Å². The summed E-state index contributed by atoms with van der Waals surface area (Å²) in [5, 5.41) is 1.18. The van der Waals surface area contributed by atoms with E-state index in [2.05, 4.69) is 44.6 Å². The van der Waals surface area contributed by atoms with E-state index in [-0.39, 0.29) is 5.41 Å². The molecule has 96 valence electrons. The molecule has 4 heteroatoms. The summed E-state index contributed by atoms with van der Waals surface area (Å²) in [5.41, 5.74) is 1.03. The highest BCUT2D eigenvalue weighted by atomic mass is 35.5. The molecule has 0 radical (unpaired) electrons. The Morgan fingerprint density at radius 3 is 2.53 bits per heavy atom. The second kappa shape index (κ2) is 6.05. The summed E-state index contributed by atoms with van der Waals surface area (Å²) in [6.07, 6.45) is 1.16. The van der Waals surface area contributed by atoms with Crippen molar-refractivity contribution < 1.29 is 0 Å². The van der Waals surface area contributed by atoms with E-state index in [0.29, 0.717) is 10.4 Å². The van der Waals surface area contributed by atoms with E-state index < -0.39 is 0 Å². The number of rotatable bonds is 4. The molecule has 0 spiro atoms. The molecular weight excluding hydrogens is 252 g/mol. The van der Waals surface area contributed by atoms with E-state index in [1.165, 1.54) is 0 Å². The number of halogens is 1. The molecule has 1 atom stereocenters. The molecule has 1 aromatic rings. The first-order valence-electron chi connectivity index (χ1n) is 5.98. The maximum atomic E-state index is 6.04. The third-order valence-electron chi connectivity index (χ3n) is 2.58. The van der Waals surface area contributed by atoms with Crippen molar-refractivity contribution in [3.8, 4) is 0 Å². The van der Waals surface area contributed by atoms with Crippen LogP contribution in [0.3, 0.4) is 0 Å². The van der Waals surface area contributed by atoms with Gasteiger partial charge in [-0.2, -0.15) is 11.8 Å². The van der Waals surface area contributed by atoms with Crippen LogP contribution in [0.15, 0.2) is 6.07 Å². The summed E-state index contributed by atoms with van der Waals surface area (Å²) < 4.78 is 0. The standard InChI is InChI=1S/C13H21ClN2S/c1-6-9(2)17-8-12-15-10(13(3,4)5)7-11(14)16-12/h7,9H,6,8H2,1-5H3. The summed E-state index contributed by atoms with van der Waals surface area (Å²) in [7, 11) is 0. The Morgan fingerprint density at radius 2 is 2.00 bits per heavy atom. The van der Waals surface area contributed by atoms with Crippen LogP contribution in [0.5, 0.6) is 0 Å². The van der Waals surface area contributed by atoms with Crippen LogP contribution in [0.25, 0.3) is 0 Å². The molecule has 1 aromatic heterocycles. The molecule has 0 aromatic carbocycles. The largest absolute Gasteiger partial charge is 0.236 e. The topological polar surface area (TPSA) is 25.8 Å². The second-order valence-electron chi connectivity index (χ2n) is 5.27. The zero-order valence-electron chi connectivity index (χ0n) is 11.2. The van der Waals surface area contributed by atoms with Gasteiger partial charge >= 0.3 is 0 Å². The predicted octanol–water partition coefficient (Wildman–Crippen LogP) is 4.46. The van der Waals surface area contributed by atoms with Crippen molar-refractivity contribution in [2.24, 2.45) is 0 Å². The molecule has 0 aliphatic heterocycles. The van der Waals surface area contributed by atoms with Gasteiger partial charge in [0.2, 0.25) is 0 Å². The van der Waals surface area contributed by atoms with Crippen molar-refractivity contribution in [2.45, 2.75) is 57.5 Å². The highest BCUT2D eigenvalue weighted by Gasteiger charge is 2.17. The average molecular weight is 273 g/mol. The lowest BCUT2D eigenvalue weighted by Crippen LogP contribution is -2.15. The van der Waals surface area contributed by atoms with Gasteiger partial charge in [-0.05, 0) is 12.5 Å². The Morgan fingerprint density at radius 1 is 1.35 bits per heavy atom. The van der Waals surface area contributed by atoms with Crippen LogP contribution in [-0.2, 0) is 11.2 Å². The van der Waals surface area contributed by atoms with Gasteiger partial charge in [0.05, 0.1) is 11.4 Å². The lowest BCUT2D eigenvalue weighted by atomic mass is 9.92. The molecular formula is C13H21ClN2S. The van der Waals surface area contributed by atoms with Crippen LogP contribution < -0.4 is 0 Å². The van der Waals surface area contributed by atoms with Crippen molar-refractivity contribution in [2.75, 3.05) is 0 Å². The van der Waals surface area contributed by atoms with E-state index in [1.807, 2.05) is 17.8 Å². The molecule has 0 saturated carbocycles. The van der Waals surface area contributed by atoms with E-state index >= 15 is 0 Å². The number of hydrogen-bond donors (Lipinski definition) is 0. The zero-order valence-corrected chi connectivity index (χ0v) is 12.8. The summed E-state index contributed by atoms with van der Waals surface area (Å²) in [6.45, 7) is 10.8. The minimum atomic E-state index is 0.0162. The van der Waals surface area contributed by atoms with Crippen molar-refractivity contribution in [3.05, 3.63) is 22.7 Å². The van der Waals surface area contributed by atoms with Gasteiger partial charge in [-0.15, -0.1) is 0 Å². The first-order valence-corrected chi connectivity index (χ1v) is 7.41. The maximum Gasteiger partial charge on any atom is 0.140 e. The first kappa shape index (κ1) is 14.8. The first-order chi connectivity index (χ1) is 7.82. The van der Waals surface area contributed by atoms with E-state index in [4.69, 9.17) is 11.6 Å². The number of aromatic nitrogens is 2. The molecule has 0 N–H and O–H groups in total.